The van der Waals surface area contributed by atoms with Gasteiger partial charge in [0.25, 0.3) is 0 Å². The summed E-state index contributed by atoms with van der Waals surface area (Å²) in [5, 5.41) is 11.5. The molecule has 1 atom stereocenters. The molecule has 1 aliphatic rings. The van der Waals surface area contributed by atoms with Gasteiger partial charge in [0.2, 0.25) is 0 Å². The van der Waals surface area contributed by atoms with Crippen LogP contribution in [0.4, 0.5) is 11.6 Å². The molecule has 4 rings (SSSR count). The number of aldehydes is 1. The average Bonchev–Trinajstić information content (AvgIpc) is 2.98. The molecule has 0 amide bonds. The highest BCUT2D eigenvalue weighted by Crippen LogP contribution is 2.25. The second kappa shape index (κ2) is 9.68. The fraction of sp³-hybridized carbons (Fsp3) is 0.320. The van der Waals surface area contributed by atoms with Crippen molar-refractivity contribution in [3.05, 3.63) is 66.1 Å². The van der Waals surface area contributed by atoms with Crippen LogP contribution in [0.2, 0.25) is 0 Å². The van der Waals surface area contributed by atoms with Gasteiger partial charge < -0.3 is 15.0 Å². The minimum absolute atomic E-state index is 0.341. The van der Waals surface area contributed by atoms with Crippen LogP contribution in [0.25, 0.3) is 16.6 Å². The Labute approximate surface area is 188 Å². The van der Waals surface area contributed by atoms with Crippen molar-refractivity contribution < 1.29 is 4.79 Å². The molecule has 1 N–H and O–H groups in total. The predicted octanol–water partition coefficient (Wildman–Crippen LogP) is 4.87. The van der Waals surface area contributed by atoms with E-state index in [0.717, 1.165) is 40.4 Å². The van der Waals surface area contributed by atoms with Gasteiger partial charge in [0.15, 0.2) is 5.82 Å². The van der Waals surface area contributed by atoms with Gasteiger partial charge in [0.05, 0.1) is 17.2 Å². The Kier molecular flexibility index (Phi) is 6.54. The molecule has 0 aliphatic carbocycles. The number of carbonyl (C=O) groups excluding carboxylic acids is 1. The molecule has 1 aliphatic heterocycles. The molecule has 7 nitrogen and oxygen atoms in total. The number of pyridine rings is 2. The van der Waals surface area contributed by atoms with Crippen molar-refractivity contribution in [1.82, 2.24) is 25.1 Å². The van der Waals surface area contributed by atoms with Gasteiger partial charge in [-0.05, 0) is 54.7 Å². The van der Waals surface area contributed by atoms with E-state index in [1.54, 1.807) is 6.20 Å². The highest BCUT2D eigenvalue weighted by atomic mass is 16.1. The number of hydrogen-bond acceptors (Lipinski definition) is 7. The lowest BCUT2D eigenvalue weighted by atomic mass is 10.1. The molecule has 0 aromatic carbocycles. The third kappa shape index (κ3) is 4.99. The van der Waals surface area contributed by atoms with Gasteiger partial charge in [0, 0.05) is 37.0 Å². The molecule has 1 unspecified atom stereocenters. The number of allylic oxidation sites excluding steroid dienone is 2. The Morgan fingerprint density at radius 3 is 2.88 bits per heavy atom. The van der Waals surface area contributed by atoms with Crippen molar-refractivity contribution >= 4 is 34.5 Å². The minimum Gasteiger partial charge on any atom is -0.373 e. The number of carbonyl (C=O) groups is 1. The molecule has 32 heavy (non-hydrogen) atoms. The summed E-state index contributed by atoms with van der Waals surface area (Å²) >= 11 is 0. The maximum atomic E-state index is 10.9. The van der Waals surface area contributed by atoms with Gasteiger partial charge in [-0.1, -0.05) is 26.0 Å². The maximum Gasteiger partial charge on any atom is 0.154 e. The number of aromatic nitrogens is 4. The third-order valence-corrected chi connectivity index (χ3v) is 5.62. The summed E-state index contributed by atoms with van der Waals surface area (Å²) < 4.78 is 0. The predicted molar refractivity (Wildman–Crippen MR) is 128 cm³/mol. The van der Waals surface area contributed by atoms with Crippen molar-refractivity contribution in [2.45, 2.75) is 45.6 Å². The van der Waals surface area contributed by atoms with Gasteiger partial charge in [-0.2, -0.15) is 5.10 Å². The topological polar surface area (TPSA) is 83.9 Å². The zero-order chi connectivity index (χ0) is 22.5. The number of anilines is 2. The lowest BCUT2D eigenvalue weighted by molar-refractivity contribution is -0.108. The second-order valence-electron chi connectivity index (χ2n) is 8.38. The zero-order valence-electron chi connectivity index (χ0n) is 18.7. The average molecular weight is 429 g/mol. The fourth-order valence-corrected chi connectivity index (χ4v) is 3.66. The van der Waals surface area contributed by atoms with Crippen molar-refractivity contribution in [2.24, 2.45) is 0 Å². The van der Waals surface area contributed by atoms with Crippen LogP contribution in [0, 0.1) is 0 Å². The molecule has 3 aromatic rings. The van der Waals surface area contributed by atoms with Crippen LogP contribution in [0.5, 0.6) is 0 Å². The Bertz CT molecular complexity index is 1170. The summed E-state index contributed by atoms with van der Waals surface area (Å²) in [7, 11) is 0. The number of nitrogens with one attached hydrogen (secondary N) is 1. The molecule has 0 fully saturated rings. The van der Waals surface area contributed by atoms with E-state index in [1.165, 1.54) is 0 Å². The Hall–Kier alpha value is -3.61. The third-order valence-electron chi connectivity index (χ3n) is 5.62. The van der Waals surface area contributed by atoms with Crippen LogP contribution in [0.3, 0.4) is 0 Å². The van der Waals surface area contributed by atoms with Crippen LogP contribution < -0.4 is 5.32 Å². The lowest BCUT2D eigenvalue weighted by Crippen LogP contribution is -2.28. The number of fused-ring (bicyclic) bond motifs is 1. The summed E-state index contributed by atoms with van der Waals surface area (Å²) in [6, 6.07) is 8.23. The first-order valence-electron chi connectivity index (χ1n) is 11.0. The van der Waals surface area contributed by atoms with E-state index >= 15 is 0 Å². The molecule has 0 saturated carbocycles. The highest BCUT2D eigenvalue weighted by molar-refractivity contribution is 5.83. The van der Waals surface area contributed by atoms with Crippen LogP contribution in [-0.4, -0.2) is 43.9 Å². The van der Waals surface area contributed by atoms with Gasteiger partial charge in [-0.15, -0.1) is 5.10 Å². The van der Waals surface area contributed by atoms with E-state index in [9.17, 15) is 4.79 Å². The SMILES string of the molecule is CC(C)c1cnnc(Nc2ccc3ncc(C4=CN(CCC=O)C(C)CC=C4)cc3n2)c1. The van der Waals surface area contributed by atoms with E-state index in [-0.39, 0.29) is 0 Å². The van der Waals surface area contributed by atoms with Crippen LogP contribution in [-0.2, 0) is 4.79 Å². The molecular formula is C25H28N6O. The van der Waals surface area contributed by atoms with Crippen molar-refractivity contribution in [3.8, 4) is 0 Å². The molecule has 7 heteroatoms. The minimum atomic E-state index is 0.341. The van der Waals surface area contributed by atoms with Crippen LogP contribution in [0.1, 0.15) is 50.7 Å². The molecule has 3 aromatic heterocycles. The molecule has 164 valence electrons. The van der Waals surface area contributed by atoms with Gasteiger partial charge in [-0.3, -0.25) is 4.98 Å². The number of hydrogen-bond donors (Lipinski definition) is 1. The van der Waals surface area contributed by atoms with Crippen molar-refractivity contribution in [3.63, 3.8) is 0 Å². The van der Waals surface area contributed by atoms with Crippen molar-refractivity contribution in [2.75, 3.05) is 11.9 Å². The quantitative estimate of drug-likeness (QED) is 0.538. The van der Waals surface area contributed by atoms with E-state index in [0.29, 0.717) is 36.6 Å². The first-order chi connectivity index (χ1) is 15.5. The molecule has 0 bridgehead atoms. The Balaban J connectivity index is 1.63. The van der Waals surface area contributed by atoms with E-state index < -0.39 is 0 Å². The second-order valence-corrected chi connectivity index (χ2v) is 8.38. The Morgan fingerprint density at radius 2 is 2.06 bits per heavy atom. The van der Waals surface area contributed by atoms with Gasteiger partial charge in [-0.25, -0.2) is 4.98 Å². The molecular weight excluding hydrogens is 400 g/mol. The first-order valence-corrected chi connectivity index (χ1v) is 11.0. The van der Waals surface area contributed by atoms with E-state index in [4.69, 9.17) is 4.98 Å². The first kappa shape index (κ1) is 21.6. The standard InChI is InChI=1S/C25H28N6O/c1-17(2)20-13-25(30-27-15-20)29-24-9-8-22-23(28-24)12-21(14-26-22)19-7-4-6-18(3)31(16-19)10-5-11-32/h4,7-9,11-18H,5-6,10H2,1-3H3,(H,28,29,30). The molecule has 0 radical (unpaired) electrons. The highest BCUT2D eigenvalue weighted by Gasteiger charge is 2.14. The molecule has 0 saturated heterocycles. The van der Waals surface area contributed by atoms with Crippen molar-refractivity contribution in [1.29, 1.82) is 0 Å². The fourth-order valence-electron chi connectivity index (χ4n) is 3.66. The maximum absolute atomic E-state index is 10.9. The van der Waals surface area contributed by atoms with E-state index in [1.807, 2.05) is 30.5 Å². The molecule has 0 spiro atoms. The smallest absolute Gasteiger partial charge is 0.154 e. The Morgan fingerprint density at radius 1 is 1.19 bits per heavy atom. The van der Waals surface area contributed by atoms with Crippen LogP contribution >= 0.6 is 0 Å². The lowest BCUT2D eigenvalue weighted by Gasteiger charge is -2.26. The monoisotopic (exact) mass is 428 g/mol. The van der Waals surface area contributed by atoms with E-state index in [2.05, 4.69) is 64.5 Å². The summed E-state index contributed by atoms with van der Waals surface area (Å²) in [5.74, 6) is 1.73. The summed E-state index contributed by atoms with van der Waals surface area (Å²) in [6.07, 6.45) is 12.5. The summed E-state index contributed by atoms with van der Waals surface area (Å²) in [4.78, 5) is 22.4. The molecule has 4 heterocycles. The number of rotatable bonds is 7. The zero-order valence-corrected chi connectivity index (χ0v) is 18.7. The van der Waals surface area contributed by atoms with Crippen LogP contribution in [0.15, 0.2) is 55.0 Å². The summed E-state index contributed by atoms with van der Waals surface area (Å²) in [6.45, 7) is 7.13. The summed E-state index contributed by atoms with van der Waals surface area (Å²) in [5.41, 5.74) is 4.79. The van der Waals surface area contributed by atoms with Gasteiger partial charge >= 0.3 is 0 Å². The largest absolute Gasteiger partial charge is 0.373 e. The van der Waals surface area contributed by atoms with Gasteiger partial charge in [0.1, 0.15) is 12.1 Å². The number of nitrogens with zero attached hydrogens (tertiary/aromatic N) is 5. The normalized spacial score (nSPS) is 16.2.